The third-order valence-corrected chi connectivity index (χ3v) is 8.01. The molecule has 1 aliphatic heterocycles. The molecule has 3 fully saturated rings. The third-order valence-electron chi connectivity index (χ3n) is 8.01. The van der Waals surface area contributed by atoms with Gasteiger partial charge in [-0.2, -0.15) is 0 Å². The molecule has 2 saturated carbocycles. The lowest BCUT2D eigenvalue weighted by atomic mass is 9.44. The molecule has 134 valence electrons. The van der Waals surface area contributed by atoms with Gasteiger partial charge in [0.1, 0.15) is 6.10 Å². The first kappa shape index (κ1) is 17.7. The van der Waals surface area contributed by atoms with E-state index in [4.69, 9.17) is 4.74 Å². The van der Waals surface area contributed by atoms with Crippen LogP contribution in [0.1, 0.15) is 79.6 Å². The van der Waals surface area contributed by atoms with Crippen molar-refractivity contribution in [2.75, 3.05) is 6.61 Å². The molecule has 2 aliphatic carbocycles. The van der Waals surface area contributed by atoms with Gasteiger partial charge < -0.3 is 14.9 Å². The van der Waals surface area contributed by atoms with Crippen LogP contribution >= 0.6 is 0 Å². The summed E-state index contributed by atoms with van der Waals surface area (Å²) in [6.45, 7) is 11.5. The van der Waals surface area contributed by atoms with Crippen molar-refractivity contribution < 1.29 is 14.9 Å². The Labute approximate surface area is 141 Å². The Morgan fingerprint density at radius 3 is 2.26 bits per heavy atom. The van der Waals surface area contributed by atoms with Crippen molar-refractivity contribution in [1.82, 2.24) is 0 Å². The molecule has 0 aromatic carbocycles. The van der Waals surface area contributed by atoms with E-state index in [1.54, 1.807) is 0 Å². The Balaban J connectivity index is 1.90. The summed E-state index contributed by atoms with van der Waals surface area (Å²) in [5.74, 6) is 1.34. The molecule has 0 bridgehead atoms. The van der Waals surface area contributed by atoms with E-state index in [9.17, 15) is 10.2 Å². The lowest BCUT2D eigenvalue weighted by molar-refractivity contribution is -0.287. The lowest BCUT2D eigenvalue weighted by Crippen LogP contribution is -2.64. The first-order valence-corrected chi connectivity index (χ1v) is 9.57. The summed E-state index contributed by atoms with van der Waals surface area (Å²) in [7, 11) is 0. The molecule has 2 N–H and O–H groups in total. The molecule has 3 rings (SSSR count). The van der Waals surface area contributed by atoms with Crippen LogP contribution in [0.3, 0.4) is 0 Å². The SMILES string of the molecule is CC1(C)CCC[C@]2(C)[C@H]3CC[C@@](C)([C@H](O)CO)O[C@]3(C)CC[C@@H]12. The van der Waals surface area contributed by atoms with Crippen molar-refractivity contribution in [3.8, 4) is 0 Å². The van der Waals surface area contributed by atoms with Crippen LogP contribution in [0.15, 0.2) is 0 Å². The molecule has 3 aliphatic rings. The number of ether oxygens (including phenoxy) is 1. The number of fused-ring (bicyclic) bond motifs is 3. The van der Waals surface area contributed by atoms with Crippen LogP contribution in [-0.2, 0) is 4.74 Å². The van der Waals surface area contributed by atoms with Crippen LogP contribution in [0.4, 0.5) is 0 Å². The highest BCUT2D eigenvalue weighted by Gasteiger charge is 2.62. The number of hydrogen-bond donors (Lipinski definition) is 2. The van der Waals surface area contributed by atoms with Gasteiger partial charge in [0.2, 0.25) is 0 Å². The molecule has 1 heterocycles. The molecular formula is C20H36O3. The van der Waals surface area contributed by atoms with Crippen LogP contribution in [0.5, 0.6) is 0 Å². The van der Waals surface area contributed by atoms with Crippen LogP contribution in [0.25, 0.3) is 0 Å². The fourth-order valence-electron chi connectivity index (χ4n) is 6.81. The van der Waals surface area contributed by atoms with Gasteiger partial charge in [-0.25, -0.2) is 0 Å². The molecule has 0 radical (unpaired) electrons. The van der Waals surface area contributed by atoms with Crippen LogP contribution < -0.4 is 0 Å². The highest BCUT2D eigenvalue weighted by Crippen LogP contribution is 2.65. The lowest BCUT2D eigenvalue weighted by Gasteiger charge is -2.65. The zero-order valence-electron chi connectivity index (χ0n) is 15.7. The molecule has 0 aromatic rings. The predicted molar refractivity (Wildman–Crippen MR) is 92.2 cm³/mol. The quantitative estimate of drug-likeness (QED) is 0.809. The second-order valence-corrected chi connectivity index (χ2v) is 9.96. The number of hydrogen-bond acceptors (Lipinski definition) is 3. The van der Waals surface area contributed by atoms with Crippen LogP contribution in [-0.4, -0.2) is 34.1 Å². The molecule has 3 nitrogen and oxygen atoms in total. The van der Waals surface area contributed by atoms with E-state index in [0.29, 0.717) is 16.7 Å². The highest BCUT2D eigenvalue weighted by molar-refractivity contribution is 5.11. The van der Waals surface area contributed by atoms with Gasteiger partial charge in [0, 0.05) is 0 Å². The fraction of sp³-hybridized carbons (Fsp3) is 1.00. The maximum atomic E-state index is 10.3. The summed E-state index contributed by atoms with van der Waals surface area (Å²) >= 11 is 0. The normalized spacial score (nSPS) is 50.7. The van der Waals surface area contributed by atoms with Crippen molar-refractivity contribution >= 4 is 0 Å². The van der Waals surface area contributed by atoms with Crippen molar-refractivity contribution in [1.29, 1.82) is 0 Å². The maximum Gasteiger partial charge on any atom is 0.106 e. The Hall–Kier alpha value is -0.120. The zero-order valence-corrected chi connectivity index (χ0v) is 15.7. The highest BCUT2D eigenvalue weighted by atomic mass is 16.5. The van der Waals surface area contributed by atoms with Gasteiger partial charge in [0.15, 0.2) is 0 Å². The van der Waals surface area contributed by atoms with E-state index in [0.717, 1.165) is 25.2 Å². The molecule has 6 atom stereocenters. The molecule has 23 heavy (non-hydrogen) atoms. The van der Waals surface area contributed by atoms with Gasteiger partial charge in [-0.05, 0) is 75.0 Å². The van der Waals surface area contributed by atoms with Crippen LogP contribution in [0, 0.1) is 22.7 Å². The summed E-state index contributed by atoms with van der Waals surface area (Å²) in [5.41, 5.74) is 0.00907. The molecule has 3 heteroatoms. The van der Waals surface area contributed by atoms with Crippen molar-refractivity contribution in [3.63, 3.8) is 0 Å². The second kappa shape index (κ2) is 5.44. The molecule has 0 aromatic heterocycles. The molecule has 0 spiro atoms. The minimum Gasteiger partial charge on any atom is -0.394 e. The molecular weight excluding hydrogens is 288 g/mol. The Kier molecular flexibility index (Phi) is 4.18. The minimum absolute atomic E-state index is 0.165. The first-order valence-electron chi connectivity index (χ1n) is 9.57. The second-order valence-electron chi connectivity index (χ2n) is 9.96. The number of rotatable bonds is 2. The van der Waals surface area contributed by atoms with Gasteiger partial charge >= 0.3 is 0 Å². The van der Waals surface area contributed by atoms with Crippen molar-refractivity contribution in [2.45, 2.75) is 96.9 Å². The molecule has 0 amide bonds. The smallest absolute Gasteiger partial charge is 0.106 e. The van der Waals surface area contributed by atoms with Gasteiger partial charge in [-0.3, -0.25) is 0 Å². The van der Waals surface area contributed by atoms with Crippen LogP contribution in [0.2, 0.25) is 0 Å². The Morgan fingerprint density at radius 1 is 0.957 bits per heavy atom. The van der Waals surface area contributed by atoms with E-state index in [1.165, 1.54) is 25.7 Å². The predicted octanol–water partition coefficient (Wildman–Crippen LogP) is 3.91. The van der Waals surface area contributed by atoms with E-state index in [2.05, 4.69) is 27.7 Å². The largest absolute Gasteiger partial charge is 0.394 e. The zero-order chi connectivity index (χ0) is 17.1. The van der Waals surface area contributed by atoms with Gasteiger partial charge in [0.25, 0.3) is 0 Å². The first-order chi connectivity index (χ1) is 10.6. The average Bonchev–Trinajstić information content (AvgIpc) is 2.44. The minimum atomic E-state index is -0.784. The summed E-state index contributed by atoms with van der Waals surface area (Å²) < 4.78 is 6.59. The standard InChI is InChI=1S/C20H36O3/c1-17(2)9-6-10-18(3)14(17)7-11-19(4)15(18)8-12-20(5,23-19)16(22)13-21/h14-16,21-22H,6-13H2,1-5H3/t14-,15+,16+,18-,19+,20-/m0/s1. The van der Waals surface area contributed by atoms with Gasteiger partial charge in [-0.1, -0.05) is 27.2 Å². The van der Waals surface area contributed by atoms with Gasteiger partial charge in [0.05, 0.1) is 17.8 Å². The van der Waals surface area contributed by atoms with E-state index >= 15 is 0 Å². The van der Waals surface area contributed by atoms with Crippen molar-refractivity contribution in [2.24, 2.45) is 22.7 Å². The van der Waals surface area contributed by atoms with Gasteiger partial charge in [-0.15, -0.1) is 0 Å². The molecule has 0 unspecified atom stereocenters. The van der Waals surface area contributed by atoms with E-state index in [-0.39, 0.29) is 12.2 Å². The topological polar surface area (TPSA) is 49.7 Å². The summed E-state index contributed by atoms with van der Waals surface area (Å²) in [6.07, 6.45) is 7.45. The molecule has 1 saturated heterocycles. The monoisotopic (exact) mass is 324 g/mol. The van der Waals surface area contributed by atoms with E-state index in [1.807, 2.05) is 6.92 Å². The summed E-state index contributed by atoms with van der Waals surface area (Å²) in [5, 5.41) is 19.7. The fourth-order valence-corrected chi connectivity index (χ4v) is 6.81. The summed E-state index contributed by atoms with van der Waals surface area (Å²) in [6, 6.07) is 0. The van der Waals surface area contributed by atoms with E-state index < -0.39 is 11.7 Å². The number of aliphatic hydroxyl groups excluding tert-OH is 2. The third kappa shape index (κ3) is 2.58. The Morgan fingerprint density at radius 2 is 1.61 bits per heavy atom. The van der Waals surface area contributed by atoms with Crippen molar-refractivity contribution in [3.05, 3.63) is 0 Å². The number of aliphatic hydroxyl groups is 2. The average molecular weight is 325 g/mol. The Bertz CT molecular complexity index is 462. The maximum absolute atomic E-state index is 10.3. The summed E-state index contributed by atoms with van der Waals surface area (Å²) in [4.78, 5) is 0.